The number of anilines is 1. The van der Waals surface area contributed by atoms with E-state index in [0.29, 0.717) is 18.5 Å². The van der Waals surface area contributed by atoms with E-state index in [1.165, 1.54) is 0 Å². The Hall–Kier alpha value is -1.88. The number of benzene rings is 1. The van der Waals surface area contributed by atoms with Gasteiger partial charge in [-0.25, -0.2) is 0 Å². The number of hydrogen-bond acceptors (Lipinski definition) is 3. The summed E-state index contributed by atoms with van der Waals surface area (Å²) >= 11 is 0. The van der Waals surface area contributed by atoms with Gasteiger partial charge in [0, 0.05) is 30.8 Å². The Morgan fingerprint density at radius 1 is 1.19 bits per heavy atom. The number of amides is 2. The fraction of sp³-hybridized carbons (Fsp3) is 0.500. The van der Waals surface area contributed by atoms with Crippen LogP contribution in [0.5, 0.6) is 0 Å². The molecule has 2 amide bonds. The van der Waals surface area contributed by atoms with Gasteiger partial charge in [0.25, 0.3) is 5.91 Å². The lowest BCUT2D eigenvalue weighted by molar-refractivity contribution is -0.117. The monoisotopic (exact) mass is 288 g/mol. The van der Waals surface area contributed by atoms with E-state index in [4.69, 9.17) is 0 Å². The summed E-state index contributed by atoms with van der Waals surface area (Å²) < 4.78 is 0. The average Bonchev–Trinajstić information content (AvgIpc) is 3.15. The normalized spacial score (nSPS) is 22.1. The highest BCUT2D eigenvalue weighted by atomic mass is 16.3. The second-order valence-electron chi connectivity index (χ2n) is 5.67. The lowest BCUT2D eigenvalue weighted by Crippen LogP contribution is -2.37. The Morgan fingerprint density at radius 2 is 1.95 bits per heavy atom. The summed E-state index contributed by atoms with van der Waals surface area (Å²) in [7, 11) is 0. The summed E-state index contributed by atoms with van der Waals surface area (Å²) in [5.41, 5.74) is 1.47. The van der Waals surface area contributed by atoms with E-state index >= 15 is 0 Å². The van der Waals surface area contributed by atoms with Gasteiger partial charge in [0.2, 0.25) is 5.91 Å². The Balaban J connectivity index is 1.74. The van der Waals surface area contributed by atoms with Crippen molar-refractivity contribution in [2.45, 2.75) is 31.7 Å². The van der Waals surface area contributed by atoms with Gasteiger partial charge < -0.3 is 14.9 Å². The first-order valence-corrected chi connectivity index (χ1v) is 7.53. The van der Waals surface area contributed by atoms with E-state index in [1.54, 1.807) is 21.9 Å². The number of nitrogens with zero attached hydrogens (tertiary/aromatic N) is 2. The van der Waals surface area contributed by atoms with Gasteiger partial charge in [0.05, 0.1) is 12.6 Å². The van der Waals surface area contributed by atoms with Crippen molar-refractivity contribution >= 4 is 17.5 Å². The predicted octanol–water partition coefficient (Wildman–Crippen LogP) is 1.41. The van der Waals surface area contributed by atoms with Crippen molar-refractivity contribution in [3.63, 3.8) is 0 Å². The number of aliphatic hydroxyl groups is 1. The number of carbonyl (C=O) groups excluding carboxylic acids is 2. The molecule has 1 atom stereocenters. The van der Waals surface area contributed by atoms with Crippen molar-refractivity contribution < 1.29 is 14.7 Å². The molecule has 2 saturated heterocycles. The highest BCUT2D eigenvalue weighted by Gasteiger charge is 2.29. The molecule has 5 heteroatoms. The summed E-state index contributed by atoms with van der Waals surface area (Å²) in [6.45, 7) is 1.48. The molecule has 2 fully saturated rings. The molecular weight excluding hydrogens is 268 g/mol. The minimum atomic E-state index is -0.0580. The first-order chi connectivity index (χ1) is 10.2. The summed E-state index contributed by atoms with van der Waals surface area (Å²) in [6.07, 6.45) is 3.30. The van der Waals surface area contributed by atoms with Crippen LogP contribution in [0.1, 0.15) is 36.0 Å². The molecule has 2 aliphatic heterocycles. The van der Waals surface area contributed by atoms with E-state index in [1.807, 2.05) is 12.1 Å². The van der Waals surface area contributed by atoms with Crippen LogP contribution in [0.3, 0.4) is 0 Å². The fourth-order valence-electron chi connectivity index (χ4n) is 3.16. The first-order valence-electron chi connectivity index (χ1n) is 7.53. The number of carbonyl (C=O) groups is 2. The van der Waals surface area contributed by atoms with Gasteiger partial charge in [0.1, 0.15) is 0 Å². The quantitative estimate of drug-likeness (QED) is 0.915. The Morgan fingerprint density at radius 3 is 2.57 bits per heavy atom. The third-order valence-corrected chi connectivity index (χ3v) is 4.35. The van der Waals surface area contributed by atoms with Crippen LogP contribution in [0, 0.1) is 0 Å². The molecule has 0 unspecified atom stereocenters. The molecule has 1 N–H and O–H groups in total. The van der Waals surface area contributed by atoms with Crippen LogP contribution in [0.15, 0.2) is 24.3 Å². The molecule has 0 saturated carbocycles. The molecular formula is C16H20N2O3. The standard InChI is InChI=1S/C16H20N2O3/c19-11-14-3-1-10-18(14)16(21)12-5-7-13(8-6-12)17-9-2-4-15(17)20/h5-8,14,19H,1-4,9-11H2/t14-/m1/s1. The van der Waals surface area contributed by atoms with Crippen LogP contribution in [-0.4, -0.2) is 47.6 Å². The van der Waals surface area contributed by atoms with Gasteiger partial charge in [-0.1, -0.05) is 0 Å². The fourth-order valence-corrected chi connectivity index (χ4v) is 3.16. The maximum absolute atomic E-state index is 12.4. The SMILES string of the molecule is O=C1CCCN1c1ccc(C(=O)N2CCC[C@@H]2CO)cc1. The smallest absolute Gasteiger partial charge is 0.254 e. The van der Waals surface area contributed by atoms with Crippen molar-refractivity contribution in [1.29, 1.82) is 0 Å². The molecule has 0 aliphatic carbocycles. The number of hydrogen-bond donors (Lipinski definition) is 1. The molecule has 5 nitrogen and oxygen atoms in total. The molecule has 3 rings (SSSR count). The first kappa shape index (κ1) is 14.1. The molecule has 0 radical (unpaired) electrons. The highest BCUT2D eigenvalue weighted by molar-refractivity contribution is 5.97. The van der Waals surface area contributed by atoms with Crippen LogP contribution in [-0.2, 0) is 4.79 Å². The largest absolute Gasteiger partial charge is 0.394 e. The minimum absolute atomic E-state index is 0.0199. The van der Waals surface area contributed by atoms with Crippen molar-refractivity contribution in [3.8, 4) is 0 Å². The molecule has 0 bridgehead atoms. The molecule has 0 aromatic heterocycles. The second-order valence-corrected chi connectivity index (χ2v) is 5.67. The lowest BCUT2D eigenvalue weighted by atomic mass is 10.1. The van der Waals surface area contributed by atoms with E-state index in [2.05, 4.69) is 0 Å². The number of likely N-dealkylation sites (tertiary alicyclic amines) is 1. The maximum Gasteiger partial charge on any atom is 0.254 e. The number of rotatable bonds is 3. The molecule has 0 spiro atoms. The van der Waals surface area contributed by atoms with Gasteiger partial charge in [-0.2, -0.15) is 0 Å². The molecule has 1 aromatic rings. The van der Waals surface area contributed by atoms with Crippen molar-refractivity contribution in [2.24, 2.45) is 0 Å². The molecule has 2 heterocycles. The zero-order valence-corrected chi connectivity index (χ0v) is 12.0. The topological polar surface area (TPSA) is 60.9 Å². The van der Waals surface area contributed by atoms with E-state index in [-0.39, 0.29) is 24.5 Å². The molecule has 112 valence electrons. The molecule has 2 aliphatic rings. The zero-order valence-electron chi connectivity index (χ0n) is 12.0. The van der Waals surface area contributed by atoms with Gasteiger partial charge in [-0.15, -0.1) is 0 Å². The lowest BCUT2D eigenvalue weighted by Gasteiger charge is -2.23. The van der Waals surface area contributed by atoms with Crippen molar-refractivity contribution in [2.75, 3.05) is 24.6 Å². The number of aliphatic hydroxyl groups excluding tert-OH is 1. The van der Waals surface area contributed by atoms with E-state index < -0.39 is 0 Å². The Kier molecular flexibility index (Phi) is 3.92. The molecule has 21 heavy (non-hydrogen) atoms. The van der Waals surface area contributed by atoms with Crippen LogP contribution in [0.25, 0.3) is 0 Å². The average molecular weight is 288 g/mol. The van der Waals surface area contributed by atoms with Gasteiger partial charge in [0.15, 0.2) is 0 Å². The van der Waals surface area contributed by atoms with E-state index in [0.717, 1.165) is 31.5 Å². The second kappa shape index (κ2) is 5.85. The Bertz CT molecular complexity index is 541. The third kappa shape index (κ3) is 2.65. The minimum Gasteiger partial charge on any atom is -0.394 e. The van der Waals surface area contributed by atoms with Crippen LogP contribution >= 0.6 is 0 Å². The summed E-state index contributed by atoms with van der Waals surface area (Å²) in [5.74, 6) is 0.111. The highest BCUT2D eigenvalue weighted by Crippen LogP contribution is 2.24. The summed E-state index contributed by atoms with van der Waals surface area (Å²) in [4.78, 5) is 27.7. The van der Waals surface area contributed by atoms with Gasteiger partial charge in [-0.3, -0.25) is 9.59 Å². The van der Waals surface area contributed by atoms with Crippen molar-refractivity contribution in [1.82, 2.24) is 4.90 Å². The van der Waals surface area contributed by atoms with E-state index in [9.17, 15) is 14.7 Å². The zero-order chi connectivity index (χ0) is 14.8. The third-order valence-electron chi connectivity index (χ3n) is 4.35. The summed E-state index contributed by atoms with van der Waals surface area (Å²) in [6, 6.07) is 7.16. The Labute approximate surface area is 124 Å². The van der Waals surface area contributed by atoms with Crippen molar-refractivity contribution in [3.05, 3.63) is 29.8 Å². The molecule has 1 aromatic carbocycles. The van der Waals surface area contributed by atoms with Crippen LogP contribution < -0.4 is 4.90 Å². The summed E-state index contributed by atoms with van der Waals surface area (Å²) in [5, 5.41) is 9.31. The van der Waals surface area contributed by atoms with Gasteiger partial charge >= 0.3 is 0 Å². The maximum atomic E-state index is 12.4. The van der Waals surface area contributed by atoms with Crippen LogP contribution in [0.4, 0.5) is 5.69 Å². The predicted molar refractivity (Wildman–Crippen MR) is 79.2 cm³/mol. The van der Waals surface area contributed by atoms with Gasteiger partial charge in [-0.05, 0) is 43.5 Å². The van der Waals surface area contributed by atoms with Crippen LogP contribution in [0.2, 0.25) is 0 Å².